The van der Waals surface area contributed by atoms with Gasteiger partial charge in [0.05, 0.1) is 0 Å². The fourth-order valence-electron chi connectivity index (χ4n) is 5.15. The highest BCUT2D eigenvalue weighted by Crippen LogP contribution is 2.61. The van der Waals surface area contributed by atoms with Crippen LogP contribution >= 0.6 is 0 Å². The lowest BCUT2D eigenvalue weighted by atomic mass is 9.48. The van der Waals surface area contributed by atoms with Gasteiger partial charge in [0.2, 0.25) is 0 Å². The summed E-state index contributed by atoms with van der Waals surface area (Å²) in [5, 5.41) is 0. The Morgan fingerprint density at radius 3 is 2.00 bits per heavy atom. The molecule has 0 radical (unpaired) electrons. The van der Waals surface area contributed by atoms with E-state index in [4.69, 9.17) is 5.73 Å². The maximum Gasteiger partial charge on any atom is 0.0222 e. The van der Waals surface area contributed by atoms with E-state index in [-0.39, 0.29) is 6.04 Å². The summed E-state index contributed by atoms with van der Waals surface area (Å²) in [5.41, 5.74) is 7.88. The first-order chi connectivity index (χ1) is 7.56. The Bertz CT molecular complexity index is 267. The molecule has 4 aliphatic rings. The van der Waals surface area contributed by atoms with E-state index in [1.54, 1.807) is 0 Å². The van der Waals surface area contributed by atoms with Crippen molar-refractivity contribution < 1.29 is 0 Å². The van der Waals surface area contributed by atoms with E-state index >= 15 is 0 Å². The molecule has 0 aliphatic heterocycles. The third kappa shape index (κ3) is 1.73. The Kier molecular flexibility index (Phi) is 2.43. The first kappa shape index (κ1) is 10.8. The number of hydrogen-bond acceptors (Lipinski definition) is 1. The zero-order valence-electron chi connectivity index (χ0n) is 10.5. The molecule has 0 heterocycles. The van der Waals surface area contributed by atoms with Crippen molar-refractivity contribution in [2.24, 2.45) is 28.9 Å². The van der Waals surface area contributed by atoms with Gasteiger partial charge in [-0.3, -0.25) is 0 Å². The van der Waals surface area contributed by atoms with Crippen LogP contribution in [0.5, 0.6) is 0 Å². The zero-order valence-corrected chi connectivity index (χ0v) is 10.5. The summed E-state index contributed by atoms with van der Waals surface area (Å²) in [5.74, 6) is 3.14. The van der Waals surface area contributed by atoms with Crippen molar-refractivity contribution in [1.29, 1.82) is 0 Å². The Labute approximate surface area is 99.5 Å². The molecule has 0 amide bonds. The van der Waals surface area contributed by atoms with Gasteiger partial charge in [-0.15, -0.1) is 0 Å². The molecular formula is C15H25N. The molecule has 2 N–H and O–H groups in total. The van der Waals surface area contributed by atoms with Crippen LogP contribution in [0.15, 0.2) is 12.2 Å². The van der Waals surface area contributed by atoms with Gasteiger partial charge >= 0.3 is 0 Å². The average Bonchev–Trinajstić information content (AvgIpc) is 2.13. The van der Waals surface area contributed by atoms with Crippen molar-refractivity contribution in [2.75, 3.05) is 0 Å². The molecule has 1 unspecified atom stereocenters. The van der Waals surface area contributed by atoms with Gasteiger partial charge in [0.15, 0.2) is 0 Å². The monoisotopic (exact) mass is 219 g/mol. The molecule has 0 saturated heterocycles. The molecule has 1 heteroatoms. The van der Waals surface area contributed by atoms with Crippen LogP contribution in [0, 0.1) is 23.2 Å². The van der Waals surface area contributed by atoms with Gasteiger partial charge in [-0.25, -0.2) is 0 Å². The first-order valence-corrected chi connectivity index (χ1v) is 6.99. The molecule has 4 fully saturated rings. The van der Waals surface area contributed by atoms with Gasteiger partial charge in [0.1, 0.15) is 0 Å². The predicted molar refractivity (Wildman–Crippen MR) is 68.0 cm³/mol. The molecule has 4 saturated carbocycles. The molecule has 4 bridgehead atoms. The van der Waals surface area contributed by atoms with Gasteiger partial charge in [-0.1, -0.05) is 12.2 Å². The highest BCUT2D eigenvalue weighted by atomic mass is 14.6. The van der Waals surface area contributed by atoms with Crippen LogP contribution in [0.3, 0.4) is 0 Å². The molecule has 0 aromatic carbocycles. The van der Waals surface area contributed by atoms with Crippen LogP contribution in [-0.4, -0.2) is 6.04 Å². The maximum atomic E-state index is 5.97. The van der Waals surface area contributed by atoms with Crippen molar-refractivity contribution in [3.63, 3.8) is 0 Å². The van der Waals surface area contributed by atoms with Crippen molar-refractivity contribution in [2.45, 2.75) is 57.9 Å². The Morgan fingerprint density at radius 1 is 1.19 bits per heavy atom. The fraction of sp³-hybridized carbons (Fsp3) is 0.867. The molecule has 1 nitrogen and oxygen atoms in total. The molecule has 0 aromatic heterocycles. The average molecular weight is 219 g/mol. The summed E-state index contributed by atoms with van der Waals surface area (Å²) < 4.78 is 0. The van der Waals surface area contributed by atoms with Gasteiger partial charge in [0.25, 0.3) is 0 Å². The van der Waals surface area contributed by atoms with Crippen molar-refractivity contribution in [3.05, 3.63) is 12.2 Å². The van der Waals surface area contributed by atoms with Crippen LogP contribution in [0.4, 0.5) is 0 Å². The van der Waals surface area contributed by atoms with E-state index in [1.807, 2.05) is 0 Å². The minimum atomic E-state index is 0.188. The second kappa shape index (κ2) is 3.60. The van der Waals surface area contributed by atoms with E-state index in [1.165, 1.54) is 50.5 Å². The van der Waals surface area contributed by atoms with E-state index in [0.717, 1.165) is 17.8 Å². The molecule has 4 aliphatic carbocycles. The molecular weight excluding hydrogens is 194 g/mol. The minimum Gasteiger partial charge on any atom is -0.324 e. The highest BCUT2D eigenvalue weighted by Gasteiger charge is 2.50. The number of nitrogens with two attached hydrogens (primary N) is 1. The molecule has 0 aromatic rings. The first-order valence-electron chi connectivity index (χ1n) is 6.99. The molecule has 4 rings (SSSR count). The summed E-state index contributed by atoms with van der Waals surface area (Å²) in [7, 11) is 0. The van der Waals surface area contributed by atoms with Crippen LogP contribution < -0.4 is 5.73 Å². The summed E-state index contributed by atoms with van der Waals surface area (Å²) in [6, 6.07) is 0.188. The third-order valence-corrected chi connectivity index (χ3v) is 5.41. The Hall–Kier alpha value is -0.300. The predicted octanol–water partition coefficient (Wildman–Crippen LogP) is 3.50. The fourth-order valence-corrected chi connectivity index (χ4v) is 5.15. The van der Waals surface area contributed by atoms with Gasteiger partial charge in [-0.05, 0) is 75.0 Å². The number of hydrogen-bond donors (Lipinski definition) is 1. The smallest absolute Gasteiger partial charge is 0.0222 e. The molecule has 16 heavy (non-hydrogen) atoms. The quantitative estimate of drug-likeness (QED) is 0.722. The largest absolute Gasteiger partial charge is 0.324 e. The van der Waals surface area contributed by atoms with E-state index in [9.17, 15) is 0 Å². The van der Waals surface area contributed by atoms with E-state index in [0.29, 0.717) is 5.41 Å². The maximum absolute atomic E-state index is 5.97. The van der Waals surface area contributed by atoms with Crippen molar-refractivity contribution in [3.8, 4) is 0 Å². The second-order valence-electron chi connectivity index (χ2n) is 7.04. The van der Waals surface area contributed by atoms with E-state index in [2.05, 4.69) is 13.5 Å². The minimum absolute atomic E-state index is 0.188. The van der Waals surface area contributed by atoms with Crippen LogP contribution in [0.2, 0.25) is 0 Å². The van der Waals surface area contributed by atoms with Crippen LogP contribution in [0.25, 0.3) is 0 Å². The number of rotatable bonds is 3. The molecule has 90 valence electrons. The molecule has 1 atom stereocenters. The standard InChI is InChI=1S/C15H25N/c1-10(11(2)16)6-15-7-12-3-13(8-15)5-14(4-12)9-15/h11-14H,1,3-9,16H2,2H3. The van der Waals surface area contributed by atoms with Gasteiger partial charge in [-0.2, -0.15) is 0 Å². The zero-order chi connectivity index (χ0) is 11.3. The topological polar surface area (TPSA) is 26.0 Å². The van der Waals surface area contributed by atoms with Gasteiger partial charge < -0.3 is 5.73 Å². The summed E-state index contributed by atoms with van der Waals surface area (Å²) in [4.78, 5) is 0. The normalized spacial score (nSPS) is 47.0. The van der Waals surface area contributed by atoms with Crippen LogP contribution in [0.1, 0.15) is 51.9 Å². The lowest BCUT2D eigenvalue weighted by molar-refractivity contribution is -0.0525. The lowest BCUT2D eigenvalue weighted by Gasteiger charge is -2.57. The second-order valence-corrected chi connectivity index (χ2v) is 7.04. The van der Waals surface area contributed by atoms with Crippen molar-refractivity contribution in [1.82, 2.24) is 0 Å². The lowest BCUT2D eigenvalue weighted by Crippen LogP contribution is -2.46. The Morgan fingerprint density at radius 2 is 1.62 bits per heavy atom. The summed E-state index contributed by atoms with van der Waals surface area (Å²) >= 11 is 0. The Balaban J connectivity index is 1.76. The summed E-state index contributed by atoms with van der Waals surface area (Å²) in [6.45, 7) is 6.29. The molecule has 0 spiro atoms. The van der Waals surface area contributed by atoms with Gasteiger partial charge in [0, 0.05) is 6.04 Å². The third-order valence-electron chi connectivity index (χ3n) is 5.41. The van der Waals surface area contributed by atoms with E-state index < -0.39 is 0 Å². The van der Waals surface area contributed by atoms with Crippen molar-refractivity contribution >= 4 is 0 Å². The SMILES string of the molecule is C=C(CC12CC3CC(CC(C3)C1)C2)C(C)N. The van der Waals surface area contributed by atoms with Crippen LogP contribution in [-0.2, 0) is 0 Å². The highest BCUT2D eigenvalue weighted by molar-refractivity contribution is 5.11. The summed E-state index contributed by atoms with van der Waals surface area (Å²) in [6.07, 6.45) is 10.2.